The van der Waals surface area contributed by atoms with Gasteiger partial charge in [-0.25, -0.2) is 8.42 Å². The number of benzene rings is 2. The summed E-state index contributed by atoms with van der Waals surface area (Å²) in [4.78, 5) is 0.168. The number of hydrogen-bond acceptors (Lipinski definition) is 3. The average Bonchev–Trinajstić information content (AvgIpc) is 2.93. The predicted molar refractivity (Wildman–Crippen MR) is 95.0 cm³/mol. The maximum Gasteiger partial charge on any atom is 0.264 e. The lowest BCUT2D eigenvalue weighted by molar-refractivity contribution is 0.340. The molecule has 0 radical (unpaired) electrons. The van der Waals surface area contributed by atoms with E-state index in [1.54, 1.807) is 6.07 Å². The third-order valence-corrected chi connectivity index (χ3v) is 6.28. The normalized spacial score (nSPS) is 14.0. The first-order valence-corrected chi connectivity index (χ1v) is 9.78. The zero-order chi connectivity index (χ0) is 16.6. The van der Waals surface area contributed by atoms with E-state index in [4.69, 9.17) is 16.3 Å². The van der Waals surface area contributed by atoms with Gasteiger partial charge in [-0.05, 0) is 55.3 Å². The van der Waals surface area contributed by atoms with Crippen molar-refractivity contribution in [2.75, 3.05) is 17.5 Å². The number of hydrogen-bond donors (Lipinski definition) is 0. The van der Waals surface area contributed by atoms with E-state index in [2.05, 4.69) is 15.9 Å². The molecule has 3 rings (SSSR count). The number of halogens is 2. The van der Waals surface area contributed by atoms with E-state index in [1.807, 2.05) is 25.1 Å². The second-order valence-electron chi connectivity index (χ2n) is 5.13. The molecule has 0 spiro atoms. The molecule has 0 saturated carbocycles. The molecular formula is C16H15BrClNO3S. The van der Waals surface area contributed by atoms with Gasteiger partial charge >= 0.3 is 0 Å². The van der Waals surface area contributed by atoms with E-state index in [0.29, 0.717) is 30.3 Å². The summed E-state index contributed by atoms with van der Waals surface area (Å²) >= 11 is 9.54. The van der Waals surface area contributed by atoms with Crippen molar-refractivity contribution in [1.82, 2.24) is 0 Å². The van der Waals surface area contributed by atoms with Crippen molar-refractivity contribution in [2.45, 2.75) is 18.2 Å². The monoisotopic (exact) mass is 415 g/mol. The van der Waals surface area contributed by atoms with Crippen LogP contribution >= 0.6 is 27.5 Å². The molecule has 2 aromatic carbocycles. The van der Waals surface area contributed by atoms with Crippen LogP contribution in [0.3, 0.4) is 0 Å². The van der Waals surface area contributed by atoms with Crippen LogP contribution in [0.15, 0.2) is 45.8 Å². The number of sulfonamides is 1. The highest BCUT2D eigenvalue weighted by atomic mass is 79.9. The van der Waals surface area contributed by atoms with Crippen molar-refractivity contribution in [3.05, 3.63) is 51.5 Å². The Labute approximate surface area is 149 Å². The Morgan fingerprint density at radius 2 is 2.04 bits per heavy atom. The van der Waals surface area contributed by atoms with Gasteiger partial charge in [-0.2, -0.15) is 0 Å². The van der Waals surface area contributed by atoms with Gasteiger partial charge in [-0.3, -0.25) is 4.31 Å². The van der Waals surface area contributed by atoms with Gasteiger partial charge in [-0.1, -0.05) is 27.5 Å². The first-order valence-electron chi connectivity index (χ1n) is 7.17. The number of ether oxygens (including phenoxy) is 1. The minimum absolute atomic E-state index is 0.168. The van der Waals surface area contributed by atoms with Crippen LogP contribution in [0.2, 0.25) is 5.02 Å². The quantitative estimate of drug-likeness (QED) is 0.748. The Balaban J connectivity index is 1.99. The molecular weight excluding hydrogens is 402 g/mol. The van der Waals surface area contributed by atoms with Gasteiger partial charge < -0.3 is 4.74 Å². The Bertz CT molecular complexity index is 854. The lowest BCUT2D eigenvalue weighted by Gasteiger charge is -2.20. The number of rotatable bonds is 4. The SMILES string of the molecule is CCOc1ccc(S(=O)(=O)N2CCc3cc(Br)ccc32)cc1Cl. The molecule has 0 atom stereocenters. The minimum Gasteiger partial charge on any atom is -0.492 e. The number of fused-ring (bicyclic) bond motifs is 1. The van der Waals surface area contributed by atoms with Crippen LogP contribution < -0.4 is 9.04 Å². The van der Waals surface area contributed by atoms with Crippen molar-refractivity contribution in [3.63, 3.8) is 0 Å². The molecule has 7 heteroatoms. The summed E-state index contributed by atoms with van der Waals surface area (Å²) in [6, 6.07) is 10.2. The summed E-state index contributed by atoms with van der Waals surface area (Å²) in [5, 5.41) is 0.295. The van der Waals surface area contributed by atoms with Gasteiger partial charge in [0.05, 0.1) is 22.2 Å². The first kappa shape index (κ1) is 16.6. The van der Waals surface area contributed by atoms with Crippen molar-refractivity contribution >= 4 is 43.2 Å². The largest absolute Gasteiger partial charge is 0.492 e. The molecule has 4 nitrogen and oxygen atoms in total. The third-order valence-electron chi connectivity index (χ3n) is 3.69. The van der Waals surface area contributed by atoms with E-state index in [-0.39, 0.29) is 4.90 Å². The maximum absolute atomic E-state index is 12.9. The van der Waals surface area contributed by atoms with Crippen molar-refractivity contribution < 1.29 is 13.2 Å². The second kappa shape index (κ2) is 6.34. The summed E-state index contributed by atoms with van der Waals surface area (Å²) in [5.74, 6) is 0.485. The topological polar surface area (TPSA) is 46.6 Å². The lowest BCUT2D eigenvalue weighted by atomic mass is 10.2. The predicted octanol–water partition coefficient (Wildman–Crippen LogP) is 4.25. The Hall–Kier alpha value is -1.24. The molecule has 2 aromatic rings. The van der Waals surface area contributed by atoms with E-state index < -0.39 is 10.0 Å². The number of nitrogens with zero attached hydrogens (tertiary/aromatic N) is 1. The molecule has 1 aliphatic heterocycles. The molecule has 0 amide bonds. The molecule has 0 fully saturated rings. The molecule has 0 aromatic heterocycles. The van der Waals surface area contributed by atoms with E-state index in [1.165, 1.54) is 16.4 Å². The summed E-state index contributed by atoms with van der Waals surface area (Å²) in [5.41, 5.74) is 1.73. The minimum atomic E-state index is -3.64. The van der Waals surface area contributed by atoms with Crippen molar-refractivity contribution in [2.24, 2.45) is 0 Å². The van der Waals surface area contributed by atoms with Gasteiger partial charge in [-0.15, -0.1) is 0 Å². The first-order chi connectivity index (χ1) is 10.9. The van der Waals surface area contributed by atoms with Crippen molar-refractivity contribution in [1.29, 1.82) is 0 Å². The zero-order valence-corrected chi connectivity index (χ0v) is 15.6. The Morgan fingerprint density at radius 3 is 2.74 bits per heavy atom. The fourth-order valence-electron chi connectivity index (χ4n) is 2.63. The fourth-order valence-corrected chi connectivity index (χ4v) is 4.87. The average molecular weight is 417 g/mol. The summed E-state index contributed by atoms with van der Waals surface area (Å²) in [6.07, 6.45) is 0.693. The molecule has 0 N–H and O–H groups in total. The molecule has 23 heavy (non-hydrogen) atoms. The van der Waals surface area contributed by atoms with E-state index in [0.717, 1.165) is 15.7 Å². The van der Waals surface area contributed by atoms with Crippen LogP contribution in [-0.2, 0) is 16.4 Å². The molecule has 1 heterocycles. The second-order valence-corrected chi connectivity index (χ2v) is 8.31. The van der Waals surface area contributed by atoms with E-state index >= 15 is 0 Å². The Kier molecular flexibility index (Phi) is 4.58. The molecule has 0 unspecified atom stereocenters. The lowest BCUT2D eigenvalue weighted by Crippen LogP contribution is -2.29. The van der Waals surface area contributed by atoms with Gasteiger partial charge in [0.2, 0.25) is 0 Å². The van der Waals surface area contributed by atoms with Crippen LogP contribution in [-0.4, -0.2) is 21.6 Å². The van der Waals surface area contributed by atoms with Crippen LogP contribution in [0.25, 0.3) is 0 Å². The van der Waals surface area contributed by atoms with Gasteiger partial charge in [0.25, 0.3) is 10.0 Å². The summed E-state index contributed by atoms with van der Waals surface area (Å²) in [6.45, 7) is 2.75. The fraction of sp³-hybridized carbons (Fsp3) is 0.250. The molecule has 122 valence electrons. The molecule has 0 bridgehead atoms. The molecule has 1 aliphatic rings. The summed E-state index contributed by atoms with van der Waals surface area (Å²) < 4.78 is 33.6. The summed E-state index contributed by atoms with van der Waals surface area (Å²) in [7, 11) is -3.64. The highest BCUT2D eigenvalue weighted by Gasteiger charge is 2.31. The molecule has 0 aliphatic carbocycles. The molecule has 0 saturated heterocycles. The van der Waals surface area contributed by atoms with Crippen LogP contribution in [0.1, 0.15) is 12.5 Å². The highest BCUT2D eigenvalue weighted by Crippen LogP contribution is 2.36. The highest BCUT2D eigenvalue weighted by molar-refractivity contribution is 9.10. The van der Waals surface area contributed by atoms with Crippen LogP contribution in [0.4, 0.5) is 5.69 Å². The smallest absolute Gasteiger partial charge is 0.264 e. The van der Waals surface area contributed by atoms with Gasteiger partial charge in [0, 0.05) is 11.0 Å². The number of anilines is 1. The van der Waals surface area contributed by atoms with Crippen molar-refractivity contribution in [3.8, 4) is 5.75 Å². The Morgan fingerprint density at radius 1 is 1.26 bits per heavy atom. The van der Waals surface area contributed by atoms with E-state index in [9.17, 15) is 8.42 Å². The third kappa shape index (κ3) is 3.07. The maximum atomic E-state index is 12.9. The zero-order valence-electron chi connectivity index (χ0n) is 12.4. The van der Waals surface area contributed by atoms with Crippen LogP contribution in [0.5, 0.6) is 5.75 Å². The van der Waals surface area contributed by atoms with Crippen LogP contribution in [0, 0.1) is 0 Å². The standard InChI is InChI=1S/C16H15BrClNO3S/c1-2-22-16-6-4-13(10-14(16)18)23(20,21)19-8-7-11-9-12(17)3-5-15(11)19/h3-6,9-10H,2,7-8H2,1H3. The van der Waals surface area contributed by atoms with Gasteiger partial charge in [0.15, 0.2) is 0 Å². The van der Waals surface area contributed by atoms with Gasteiger partial charge in [0.1, 0.15) is 5.75 Å².